The van der Waals surface area contributed by atoms with Gasteiger partial charge in [0.25, 0.3) is 5.91 Å². The van der Waals surface area contributed by atoms with E-state index >= 15 is 0 Å². The highest BCUT2D eigenvalue weighted by Gasteiger charge is 2.24. The molecular weight excluding hydrogens is 352 g/mol. The molecule has 1 heterocycles. The van der Waals surface area contributed by atoms with Crippen LogP contribution in [0.25, 0.3) is 0 Å². The van der Waals surface area contributed by atoms with Crippen molar-refractivity contribution < 1.29 is 9.59 Å². The van der Waals surface area contributed by atoms with Gasteiger partial charge in [0.1, 0.15) is 6.04 Å². The van der Waals surface area contributed by atoms with Crippen molar-refractivity contribution in [3.63, 3.8) is 0 Å². The Balaban J connectivity index is 1.74. The van der Waals surface area contributed by atoms with E-state index in [1.165, 1.54) is 0 Å². The smallest absolute Gasteiger partial charge is 0.251 e. The number of benzene rings is 1. The number of hydrogen-bond acceptors (Lipinski definition) is 4. The predicted molar refractivity (Wildman–Crippen MR) is 113 cm³/mol. The van der Waals surface area contributed by atoms with Crippen LogP contribution in [0.4, 0.5) is 0 Å². The topological polar surface area (TPSA) is 64.7 Å². The minimum Gasteiger partial charge on any atom is -0.354 e. The zero-order valence-corrected chi connectivity index (χ0v) is 17.8. The number of carbonyl (C=O) groups excluding carboxylic acids is 2. The van der Waals surface area contributed by atoms with Crippen molar-refractivity contribution in [2.24, 2.45) is 5.92 Å². The van der Waals surface area contributed by atoms with E-state index in [0.29, 0.717) is 12.1 Å². The van der Waals surface area contributed by atoms with Crippen LogP contribution in [0.15, 0.2) is 24.3 Å². The standard InChI is InChI=1S/C22H36N4O2/c1-5-25-13-15-26(16-14-25)12-6-11-23-22(28)20(17(2)3)24-21(27)19-9-7-18(4)8-10-19/h7-10,17,20H,5-6,11-16H2,1-4H3,(H,23,28)(H,24,27). The highest BCUT2D eigenvalue weighted by Crippen LogP contribution is 2.07. The van der Waals surface area contributed by atoms with Gasteiger partial charge < -0.3 is 20.4 Å². The summed E-state index contributed by atoms with van der Waals surface area (Å²) in [5.41, 5.74) is 1.68. The fourth-order valence-corrected chi connectivity index (χ4v) is 3.42. The van der Waals surface area contributed by atoms with Gasteiger partial charge in [-0.05, 0) is 44.5 Å². The highest BCUT2D eigenvalue weighted by molar-refractivity contribution is 5.97. The third kappa shape index (κ3) is 6.91. The third-order valence-electron chi connectivity index (χ3n) is 5.41. The Morgan fingerprint density at radius 3 is 2.21 bits per heavy atom. The van der Waals surface area contributed by atoms with Crippen LogP contribution in [0, 0.1) is 12.8 Å². The number of carbonyl (C=O) groups is 2. The quantitative estimate of drug-likeness (QED) is 0.634. The molecule has 2 N–H and O–H groups in total. The summed E-state index contributed by atoms with van der Waals surface area (Å²) >= 11 is 0. The second-order valence-electron chi connectivity index (χ2n) is 7.98. The second kappa shape index (κ2) is 11.2. The number of rotatable bonds is 9. The number of aryl methyl sites for hydroxylation is 1. The molecule has 1 aromatic carbocycles. The molecule has 1 aliphatic rings. The van der Waals surface area contributed by atoms with Crippen LogP contribution in [0.2, 0.25) is 0 Å². The van der Waals surface area contributed by atoms with Crippen LogP contribution in [-0.4, -0.2) is 73.5 Å². The molecule has 6 nitrogen and oxygen atoms in total. The van der Waals surface area contributed by atoms with Gasteiger partial charge in [0.2, 0.25) is 5.91 Å². The van der Waals surface area contributed by atoms with E-state index in [9.17, 15) is 9.59 Å². The van der Waals surface area contributed by atoms with Crippen molar-refractivity contribution in [1.82, 2.24) is 20.4 Å². The van der Waals surface area contributed by atoms with Crippen molar-refractivity contribution in [3.05, 3.63) is 35.4 Å². The molecule has 1 unspecified atom stereocenters. The second-order valence-corrected chi connectivity index (χ2v) is 7.98. The fourth-order valence-electron chi connectivity index (χ4n) is 3.42. The molecular formula is C22H36N4O2. The lowest BCUT2D eigenvalue weighted by Gasteiger charge is -2.34. The summed E-state index contributed by atoms with van der Waals surface area (Å²) in [6, 6.07) is 6.86. The maximum absolute atomic E-state index is 12.6. The first-order chi connectivity index (χ1) is 13.4. The largest absolute Gasteiger partial charge is 0.354 e. The first-order valence-corrected chi connectivity index (χ1v) is 10.5. The van der Waals surface area contributed by atoms with E-state index in [4.69, 9.17) is 0 Å². The summed E-state index contributed by atoms with van der Waals surface area (Å²) in [5, 5.41) is 5.89. The number of hydrogen-bond donors (Lipinski definition) is 2. The summed E-state index contributed by atoms with van der Waals surface area (Å²) in [4.78, 5) is 30.0. The van der Waals surface area contributed by atoms with Crippen LogP contribution in [0.1, 0.15) is 43.1 Å². The zero-order chi connectivity index (χ0) is 20.5. The molecule has 0 saturated carbocycles. The minimum absolute atomic E-state index is 0.0246. The molecule has 1 fully saturated rings. The molecule has 6 heteroatoms. The molecule has 1 aliphatic heterocycles. The van der Waals surface area contributed by atoms with Gasteiger partial charge in [0, 0.05) is 38.3 Å². The first-order valence-electron chi connectivity index (χ1n) is 10.5. The Hall–Kier alpha value is -1.92. The average Bonchev–Trinajstić information content (AvgIpc) is 2.69. The van der Waals surface area contributed by atoms with Gasteiger partial charge in [0.05, 0.1) is 0 Å². The Labute approximate surface area is 169 Å². The lowest BCUT2D eigenvalue weighted by molar-refractivity contribution is -0.123. The number of likely N-dealkylation sites (N-methyl/N-ethyl adjacent to an activating group) is 1. The lowest BCUT2D eigenvalue weighted by Crippen LogP contribution is -2.50. The molecule has 0 aromatic heterocycles. The maximum atomic E-state index is 12.6. The maximum Gasteiger partial charge on any atom is 0.251 e. The number of nitrogens with one attached hydrogen (secondary N) is 2. The Bertz CT molecular complexity index is 622. The first kappa shape index (κ1) is 22.4. The molecule has 156 valence electrons. The van der Waals surface area contributed by atoms with Gasteiger partial charge in [-0.3, -0.25) is 9.59 Å². The van der Waals surface area contributed by atoms with Crippen molar-refractivity contribution in [2.45, 2.75) is 40.2 Å². The predicted octanol–water partition coefficient (Wildman–Crippen LogP) is 1.89. The van der Waals surface area contributed by atoms with E-state index in [2.05, 4.69) is 27.4 Å². The molecule has 0 spiro atoms. The Morgan fingerprint density at radius 1 is 1.04 bits per heavy atom. The molecule has 0 bridgehead atoms. The molecule has 2 rings (SSSR count). The number of amides is 2. The highest BCUT2D eigenvalue weighted by atomic mass is 16.2. The van der Waals surface area contributed by atoms with Crippen molar-refractivity contribution in [3.8, 4) is 0 Å². The Morgan fingerprint density at radius 2 is 1.64 bits per heavy atom. The van der Waals surface area contributed by atoms with E-state index in [-0.39, 0.29) is 17.7 Å². The number of nitrogens with zero attached hydrogens (tertiary/aromatic N) is 2. The van der Waals surface area contributed by atoms with Crippen LogP contribution in [0.3, 0.4) is 0 Å². The molecule has 0 radical (unpaired) electrons. The molecule has 1 aromatic rings. The van der Waals surface area contributed by atoms with Crippen LogP contribution in [-0.2, 0) is 4.79 Å². The van der Waals surface area contributed by atoms with Gasteiger partial charge in [-0.2, -0.15) is 0 Å². The summed E-state index contributed by atoms with van der Waals surface area (Å²) in [5.74, 6) is -0.287. The van der Waals surface area contributed by atoms with E-state index in [0.717, 1.165) is 51.3 Å². The van der Waals surface area contributed by atoms with E-state index in [1.807, 2.05) is 32.9 Å². The van der Waals surface area contributed by atoms with Gasteiger partial charge >= 0.3 is 0 Å². The van der Waals surface area contributed by atoms with E-state index in [1.54, 1.807) is 12.1 Å². The molecule has 1 saturated heterocycles. The van der Waals surface area contributed by atoms with Crippen molar-refractivity contribution >= 4 is 11.8 Å². The lowest BCUT2D eigenvalue weighted by atomic mass is 10.0. The van der Waals surface area contributed by atoms with Crippen molar-refractivity contribution in [1.29, 1.82) is 0 Å². The van der Waals surface area contributed by atoms with Crippen LogP contribution < -0.4 is 10.6 Å². The van der Waals surface area contributed by atoms with Gasteiger partial charge in [-0.15, -0.1) is 0 Å². The van der Waals surface area contributed by atoms with Gasteiger partial charge in [-0.25, -0.2) is 0 Å². The molecule has 2 amide bonds. The summed E-state index contributed by atoms with van der Waals surface area (Å²) in [6.45, 7) is 15.3. The third-order valence-corrected chi connectivity index (χ3v) is 5.41. The fraction of sp³-hybridized carbons (Fsp3) is 0.636. The minimum atomic E-state index is -0.526. The molecule has 28 heavy (non-hydrogen) atoms. The van der Waals surface area contributed by atoms with E-state index < -0.39 is 6.04 Å². The monoisotopic (exact) mass is 388 g/mol. The van der Waals surface area contributed by atoms with Gasteiger partial charge in [0.15, 0.2) is 0 Å². The van der Waals surface area contributed by atoms with Crippen LogP contribution in [0.5, 0.6) is 0 Å². The molecule has 1 atom stereocenters. The summed E-state index contributed by atoms with van der Waals surface area (Å²) in [7, 11) is 0. The van der Waals surface area contributed by atoms with Crippen LogP contribution >= 0.6 is 0 Å². The van der Waals surface area contributed by atoms with Crippen molar-refractivity contribution in [2.75, 3.05) is 45.8 Å². The summed E-state index contributed by atoms with van der Waals surface area (Å²) < 4.78 is 0. The summed E-state index contributed by atoms with van der Waals surface area (Å²) in [6.07, 6.45) is 0.925. The Kier molecular flexibility index (Phi) is 8.93. The normalized spacial score (nSPS) is 16.8. The average molecular weight is 389 g/mol. The molecule has 0 aliphatic carbocycles. The van der Waals surface area contributed by atoms with Gasteiger partial charge in [-0.1, -0.05) is 38.5 Å². The zero-order valence-electron chi connectivity index (χ0n) is 17.8. The number of piperazine rings is 1. The SMILES string of the molecule is CCN1CCN(CCCNC(=O)C(NC(=O)c2ccc(C)cc2)C(C)C)CC1.